The van der Waals surface area contributed by atoms with E-state index in [4.69, 9.17) is 9.84 Å². The molecule has 0 bridgehead atoms. The van der Waals surface area contributed by atoms with Crippen LogP contribution in [0.1, 0.15) is 18.9 Å². The average molecular weight is 278 g/mol. The van der Waals surface area contributed by atoms with E-state index in [0.717, 1.165) is 5.56 Å². The fraction of sp³-hybridized carbons (Fsp3) is 0.429. The summed E-state index contributed by atoms with van der Waals surface area (Å²) in [7, 11) is 0. The van der Waals surface area contributed by atoms with E-state index in [9.17, 15) is 9.59 Å². The molecule has 0 saturated carbocycles. The summed E-state index contributed by atoms with van der Waals surface area (Å²) in [5.74, 6) is -0.554. The Hall–Kier alpha value is -2.08. The topological polar surface area (TPSA) is 87.7 Å². The van der Waals surface area contributed by atoms with E-state index >= 15 is 0 Å². The maximum atomic E-state index is 12.1. The third-order valence-corrected chi connectivity index (χ3v) is 3.18. The largest absolute Gasteiger partial charge is 0.466 e. The maximum absolute atomic E-state index is 12.1. The number of aryl methyl sites for hydroxylation is 1. The lowest BCUT2D eigenvalue weighted by atomic mass is 10.0. The average Bonchev–Trinajstić information content (AvgIpc) is 2.40. The molecule has 1 atom stereocenters. The van der Waals surface area contributed by atoms with Gasteiger partial charge in [0, 0.05) is 13.2 Å². The minimum absolute atomic E-state index is 0.0217. The van der Waals surface area contributed by atoms with Gasteiger partial charge in [-0.3, -0.25) is 9.59 Å². The van der Waals surface area contributed by atoms with Crippen LogP contribution in [0.5, 0.6) is 5.75 Å². The summed E-state index contributed by atoms with van der Waals surface area (Å²) in [5, 5.41) is 14.0. The van der Waals surface area contributed by atoms with Crippen molar-refractivity contribution in [1.82, 2.24) is 5.32 Å². The van der Waals surface area contributed by atoms with Gasteiger partial charge < -0.3 is 20.5 Å². The van der Waals surface area contributed by atoms with Crippen molar-refractivity contribution in [3.8, 4) is 5.75 Å². The number of nitrogens with one attached hydrogen (secondary N) is 2. The molecule has 6 heteroatoms. The zero-order valence-electron chi connectivity index (χ0n) is 11.5. The molecule has 3 N–H and O–H groups in total. The van der Waals surface area contributed by atoms with Gasteiger partial charge in [0.25, 0.3) is 17.4 Å². The second-order valence-corrected chi connectivity index (χ2v) is 4.92. The maximum Gasteiger partial charge on any atom is 0.278 e. The van der Waals surface area contributed by atoms with Gasteiger partial charge in [0.2, 0.25) is 0 Å². The summed E-state index contributed by atoms with van der Waals surface area (Å²) in [5.41, 5.74) is -0.0446. The molecular formula is C14H18N2O4. The molecule has 0 spiro atoms. The number of carbonyl (C=O) groups is 2. The van der Waals surface area contributed by atoms with Crippen LogP contribution in [0.4, 0.5) is 5.69 Å². The predicted octanol–water partition coefficient (Wildman–Crippen LogP) is 0.583. The highest BCUT2D eigenvalue weighted by molar-refractivity contribution is 6.15. The van der Waals surface area contributed by atoms with Crippen molar-refractivity contribution in [3.05, 3.63) is 23.8 Å². The molecular weight excluding hydrogens is 260 g/mol. The van der Waals surface area contributed by atoms with Gasteiger partial charge in [0.15, 0.2) is 0 Å². The molecule has 1 heterocycles. The molecule has 1 unspecified atom stereocenters. The first-order valence-corrected chi connectivity index (χ1v) is 6.47. The third-order valence-electron chi connectivity index (χ3n) is 3.18. The number of aliphatic hydroxyl groups excluding tert-OH is 1. The lowest BCUT2D eigenvalue weighted by molar-refractivity contribution is -0.146. The standard InChI is InChI=1S/C14H18N2O4/c1-9-4-5-11-10(8-9)16-13(19)14(2,20-11)12(18)15-6-3-7-17/h4-5,8,17H,3,6-7H2,1-2H3,(H,15,18)(H,16,19). The molecule has 0 aliphatic carbocycles. The minimum atomic E-state index is -1.60. The molecule has 1 aliphatic rings. The molecule has 0 aromatic heterocycles. The predicted molar refractivity (Wildman–Crippen MR) is 73.6 cm³/mol. The van der Waals surface area contributed by atoms with Crippen molar-refractivity contribution < 1.29 is 19.4 Å². The highest BCUT2D eigenvalue weighted by Gasteiger charge is 2.47. The van der Waals surface area contributed by atoms with Crippen molar-refractivity contribution in [2.75, 3.05) is 18.5 Å². The third kappa shape index (κ3) is 2.60. The summed E-state index contributed by atoms with van der Waals surface area (Å²) in [6.07, 6.45) is 0.430. The quantitative estimate of drug-likeness (QED) is 0.555. The fourth-order valence-electron chi connectivity index (χ4n) is 1.94. The summed E-state index contributed by atoms with van der Waals surface area (Å²) in [6, 6.07) is 5.36. The highest BCUT2D eigenvalue weighted by atomic mass is 16.5. The first kappa shape index (κ1) is 14.3. The Morgan fingerprint density at radius 2 is 2.25 bits per heavy atom. The number of fused-ring (bicyclic) bond motifs is 1. The number of hydrogen-bond donors (Lipinski definition) is 3. The number of aliphatic hydroxyl groups is 1. The minimum Gasteiger partial charge on any atom is -0.466 e. The Labute approximate surface area is 117 Å². The normalized spacial score (nSPS) is 20.6. The molecule has 0 saturated heterocycles. The zero-order valence-corrected chi connectivity index (χ0v) is 11.5. The molecule has 0 radical (unpaired) electrons. The number of hydrogen-bond acceptors (Lipinski definition) is 4. The molecule has 1 aromatic carbocycles. The molecule has 2 rings (SSSR count). The number of benzene rings is 1. The van der Waals surface area contributed by atoms with Gasteiger partial charge in [-0.1, -0.05) is 6.07 Å². The zero-order chi connectivity index (χ0) is 14.8. The van der Waals surface area contributed by atoms with Crippen LogP contribution in [-0.4, -0.2) is 35.7 Å². The van der Waals surface area contributed by atoms with Gasteiger partial charge in [-0.2, -0.15) is 0 Å². The van der Waals surface area contributed by atoms with Crippen LogP contribution in [0.3, 0.4) is 0 Å². The first-order valence-electron chi connectivity index (χ1n) is 6.47. The summed E-state index contributed by atoms with van der Waals surface area (Å²) in [4.78, 5) is 24.2. The van der Waals surface area contributed by atoms with Crippen LogP contribution < -0.4 is 15.4 Å². The molecule has 6 nitrogen and oxygen atoms in total. The molecule has 20 heavy (non-hydrogen) atoms. The Morgan fingerprint density at radius 1 is 1.50 bits per heavy atom. The van der Waals surface area contributed by atoms with Crippen molar-refractivity contribution in [2.45, 2.75) is 25.9 Å². The van der Waals surface area contributed by atoms with Gasteiger partial charge in [0.1, 0.15) is 5.75 Å². The second kappa shape index (κ2) is 5.50. The van der Waals surface area contributed by atoms with Gasteiger partial charge >= 0.3 is 0 Å². The molecule has 0 fully saturated rings. The molecule has 108 valence electrons. The van der Waals surface area contributed by atoms with Crippen molar-refractivity contribution >= 4 is 17.5 Å². The van der Waals surface area contributed by atoms with E-state index in [2.05, 4.69) is 10.6 Å². The van der Waals surface area contributed by atoms with Crippen LogP contribution in [0.2, 0.25) is 0 Å². The smallest absolute Gasteiger partial charge is 0.278 e. The summed E-state index contributed by atoms with van der Waals surface area (Å²) in [6.45, 7) is 3.61. The Morgan fingerprint density at radius 3 is 2.95 bits per heavy atom. The van der Waals surface area contributed by atoms with E-state index in [-0.39, 0.29) is 6.61 Å². The van der Waals surface area contributed by atoms with Crippen LogP contribution >= 0.6 is 0 Å². The number of rotatable bonds is 4. The molecule has 1 aliphatic heterocycles. The lowest BCUT2D eigenvalue weighted by Gasteiger charge is -2.33. The first-order chi connectivity index (χ1) is 9.47. The number of ether oxygens (including phenoxy) is 1. The number of carbonyl (C=O) groups excluding carboxylic acids is 2. The van der Waals surface area contributed by atoms with Crippen LogP contribution in [0.15, 0.2) is 18.2 Å². The van der Waals surface area contributed by atoms with Crippen molar-refractivity contribution in [3.63, 3.8) is 0 Å². The Bertz CT molecular complexity index is 544. The summed E-state index contributed by atoms with van der Waals surface area (Å²) >= 11 is 0. The number of amides is 2. The van der Waals surface area contributed by atoms with E-state index in [1.54, 1.807) is 12.1 Å². The Balaban J connectivity index is 2.18. The van der Waals surface area contributed by atoms with Crippen molar-refractivity contribution in [1.29, 1.82) is 0 Å². The van der Waals surface area contributed by atoms with E-state index in [1.165, 1.54) is 6.92 Å². The van der Waals surface area contributed by atoms with E-state index in [0.29, 0.717) is 24.4 Å². The lowest BCUT2D eigenvalue weighted by Crippen LogP contribution is -2.58. The van der Waals surface area contributed by atoms with Gasteiger partial charge in [0.05, 0.1) is 5.69 Å². The van der Waals surface area contributed by atoms with Crippen LogP contribution in [0, 0.1) is 6.92 Å². The van der Waals surface area contributed by atoms with Gasteiger partial charge in [-0.05, 0) is 38.0 Å². The molecule has 1 aromatic rings. The van der Waals surface area contributed by atoms with Crippen LogP contribution in [0.25, 0.3) is 0 Å². The monoisotopic (exact) mass is 278 g/mol. The second-order valence-electron chi connectivity index (χ2n) is 4.92. The van der Waals surface area contributed by atoms with Crippen LogP contribution in [-0.2, 0) is 9.59 Å². The highest BCUT2D eigenvalue weighted by Crippen LogP contribution is 2.34. The SMILES string of the molecule is Cc1ccc2c(c1)NC(=O)C(C)(C(=O)NCCCO)O2. The summed E-state index contributed by atoms with van der Waals surface area (Å²) < 4.78 is 5.59. The van der Waals surface area contributed by atoms with Gasteiger partial charge in [-0.15, -0.1) is 0 Å². The number of anilines is 1. The van der Waals surface area contributed by atoms with Gasteiger partial charge in [-0.25, -0.2) is 0 Å². The van der Waals surface area contributed by atoms with E-state index in [1.807, 2.05) is 13.0 Å². The van der Waals surface area contributed by atoms with E-state index < -0.39 is 17.4 Å². The fourth-order valence-corrected chi connectivity index (χ4v) is 1.94. The Kier molecular flexibility index (Phi) is 3.94. The van der Waals surface area contributed by atoms with Crippen molar-refractivity contribution in [2.24, 2.45) is 0 Å². The molecule has 2 amide bonds.